The monoisotopic (exact) mass is 406 g/mol. The van der Waals surface area contributed by atoms with Crippen LogP contribution in [-0.2, 0) is 5.75 Å². The number of rotatable bonds is 4. The molecule has 0 unspecified atom stereocenters. The van der Waals surface area contributed by atoms with Crippen LogP contribution in [0.2, 0.25) is 5.02 Å². The van der Waals surface area contributed by atoms with Crippen LogP contribution in [0.25, 0.3) is 10.4 Å². The molecule has 0 radical (unpaired) electrons. The molecule has 0 spiro atoms. The number of piperidine rings is 1. The highest BCUT2D eigenvalue weighted by Crippen LogP contribution is 2.46. The first kappa shape index (κ1) is 18.4. The van der Waals surface area contributed by atoms with Gasteiger partial charge in [-0.2, -0.15) is 0 Å². The van der Waals surface area contributed by atoms with E-state index in [2.05, 4.69) is 29.3 Å². The zero-order chi connectivity index (χ0) is 18.1. The SMILES string of the molecule is C[C@H]1CCCCN1CCNC(=O)c1cc2c(s1)-c1ccc(Cl)cc1SC2. The minimum absolute atomic E-state index is 0.0505. The molecule has 3 nitrogen and oxygen atoms in total. The molecular weight excluding hydrogens is 384 g/mol. The van der Waals surface area contributed by atoms with Crippen molar-refractivity contribution in [1.82, 2.24) is 10.2 Å². The zero-order valence-electron chi connectivity index (χ0n) is 14.9. The number of thioether (sulfide) groups is 1. The molecule has 1 atom stereocenters. The quantitative estimate of drug-likeness (QED) is 0.749. The van der Waals surface area contributed by atoms with Crippen LogP contribution in [0.3, 0.4) is 0 Å². The molecule has 2 aliphatic rings. The molecule has 3 heterocycles. The maximum absolute atomic E-state index is 12.6. The molecule has 2 aromatic rings. The van der Waals surface area contributed by atoms with Crippen molar-refractivity contribution in [3.05, 3.63) is 39.7 Å². The van der Waals surface area contributed by atoms with E-state index in [0.717, 1.165) is 28.7 Å². The third-order valence-corrected chi connectivity index (χ3v) is 7.78. The number of thiophene rings is 1. The summed E-state index contributed by atoms with van der Waals surface area (Å²) in [5, 5.41) is 3.88. The molecule has 0 bridgehead atoms. The highest BCUT2D eigenvalue weighted by atomic mass is 35.5. The zero-order valence-corrected chi connectivity index (χ0v) is 17.3. The van der Waals surface area contributed by atoms with Gasteiger partial charge in [0.2, 0.25) is 0 Å². The van der Waals surface area contributed by atoms with Gasteiger partial charge in [0.1, 0.15) is 0 Å². The second-order valence-electron chi connectivity index (χ2n) is 7.03. The average Bonchev–Trinajstić information content (AvgIpc) is 3.07. The minimum atomic E-state index is 0.0505. The van der Waals surface area contributed by atoms with Crippen molar-refractivity contribution in [3.63, 3.8) is 0 Å². The van der Waals surface area contributed by atoms with Gasteiger partial charge in [0.15, 0.2) is 0 Å². The lowest BCUT2D eigenvalue weighted by atomic mass is 10.0. The molecule has 0 aliphatic carbocycles. The number of fused-ring (bicyclic) bond motifs is 3. The van der Waals surface area contributed by atoms with Crippen molar-refractivity contribution in [3.8, 4) is 10.4 Å². The summed E-state index contributed by atoms with van der Waals surface area (Å²) in [7, 11) is 0. The molecular formula is C20H23ClN2OS2. The fourth-order valence-corrected chi connectivity index (χ4v) is 6.33. The largest absolute Gasteiger partial charge is 0.350 e. The van der Waals surface area contributed by atoms with Crippen LogP contribution in [-0.4, -0.2) is 36.5 Å². The average molecular weight is 407 g/mol. The van der Waals surface area contributed by atoms with Gasteiger partial charge in [0.05, 0.1) is 4.88 Å². The summed E-state index contributed by atoms with van der Waals surface area (Å²) in [6.07, 6.45) is 3.87. The van der Waals surface area contributed by atoms with Gasteiger partial charge in [-0.25, -0.2) is 0 Å². The van der Waals surface area contributed by atoms with Crippen molar-refractivity contribution in [2.75, 3.05) is 19.6 Å². The summed E-state index contributed by atoms with van der Waals surface area (Å²) in [5.41, 5.74) is 2.46. The van der Waals surface area contributed by atoms with Crippen LogP contribution < -0.4 is 5.32 Å². The minimum Gasteiger partial charge on any atom is -0.350 e. The van der Waals surface area contributed by atoms with E-state index in [4.69, 9.17) is 11.6 Å². The number of hydrogen-bond acceptors (Lipinski definition) is 4. The Balaban J connectivity index is 1.41. The van der Waals surface area contributed by atoms with Crippen molar-refractivity contribution >= 4 is 40.6 Å². The summed E-state index contributed by atoms with van der Waals surface area (Å²) < 4.78 is 0. The third-order valence-electron chi connectivity index (χ3n) is 5.23. The topological polar surface area (TPSA) is 32.3 Å². The van der Waals surface area contributed by atoms with Gasteiger partial charge in [0, 0.05) is 45.2 Å². The fourth-order valence-electron chi connectivity index (χ4n) is 3.72. The summed E-state index contributed by atoms with van der Waals surface area (Å²) in [6.45, 7) is 5.10. The molecule has 6 heteroatoms. The molecule has 1 amide bonds. The number of carbonyl (C=O) groups is 1. The number of likely N-dealkylation sites (tertiary alicyclic amines) is 1. The van der Waals surface area contributed by atoms with E-state index in [1.165, 1.54) is 40.2 Å². The molecule has 1 N–H and O–H groups in total. The number of carbonyl (C=O) groups excluding carboxylic acids is 1. The second-order valence-corrected chi connectivity index (χ2v) is 9.54. The van der Waals surface area contributed by atoms with E-state index in [-0.39, 0.29) is 5.91 Å². The van der Waals surface area contributed by atoms with Crippen molar-refractivity contribution in [2.24, 2.45) is 0 Å². The first-order chi connectivity index (χ1) is 12.6. The predicted octanol–water partition coefficient (Wildman–Crippen LogP) is 5.28. The smallest absolute Gasteiger partial charge is 0.261 e. The Hall–Kier alpha value is -1.01. The number of nitrogens with one attached hydrogen (secondary N) is 1. The van der Waals surface area contributed by atoms with Gasteiger partial charge >= 0.3 is 0 Å². The highest BCUT2D eigenvalue weighted by Gasteiger charge is 2.23. The van der Waals surface area contributed by atoms with Crippen molar-refractivity contribution < 1.29 is 4.79 Å². The maximum atomic E-state index is 12.6. The van der Waals surface area contributed by atoms with Crippen LogP contribution in [0.4, 0.5) is 0 Å². The summed E-state index contributed by atoms with van der Waals surface area (Å²) in [5.74, 6) is 0.951. The van der Waals surface area contributed by atoms with Crippen molar-refractivity contribution in [1.29, 1.82) is 0 Å². The fraction of sp³-hybridized carbons (Fsp3) is 0.450. The highest BCUT2D eigenvalue weighted by molar-refractivity contribution is 7.98. The van der Waals surface area contributed by atoms with E-state index < -0.39 is 0 Å². The number of hydrogen-bond donors (Lipinski definition) is 1. The van der Waals surface area contributed by atoms with Gasteiger partial charge in [-0.1, -0.05) is 24.1 Å². The summed E-state index contributed by atoms with van der Waals surface area (Å²) in [6, 6.07) is 8.70. The van der Waals surface area contributed by atoms with Crippen LogP contribution in [0.15, 0.2) is 29.2 Å². The van der Waals surface area contributed by atoms with Gasteiger partial charge < -0.3 is 5.32 Å². The van der Waals surface area contributed by atoms with E-state index in [0.29, 0.717) is 12.6 Å². The Kier molecular flexibility index (Phi) is 5.60. The van der Waals surface area contributed by atoms with Gasteiger partial charge in [-0.05, 0) is 50.1 Å². The van der Waals surface area contributed by atoms with E-state index in [1.54, 1.807) is 23.1 Å². The van der Waals surface area contributed by atoms with E-state index in [1.807, 2.05) is 12.1 Å². The van der Waals surface area contributed by atoms with Crippen LogP contribution >= 0.6 is 34.7 Å². The first-order valence-corrected chi connectivity index (χ1v) is 11.4. The molecule has 1 fully saturated rings. The predicted molar refractivity (Wildman–Crippen MR) is 112 cm³/mol. The molecule has 1 aromatic heterocycles. The Morgan fingerprint density at radius 3 is 3.08 bits per heavy atom. The van der Waals surface area contributed by atoms with Gasteiger partial charge in [0.25, 0.3) is 5.91 Å². The van der Waals surface area contributed by atoms with Gasteiger partial charge in [-0.15, -0.1) is 23.1 Å². The Bertz CT molecular complexity index is 820. The van der Waals surface area contributed by atoms with Crippen LogP contribution in [0.1, 0.15) is 41.4 Å². The van der Waals surface area contributed by atoms with Crippen molar-refractivity contribution in [2.45, 2.75) is 42.9 Å². The Labute approximate surface area is 168 Å². The number of amides is 1. The molecule has 2 aliphatic heterocycles. The van der Waals surface area contributed by atoms with Crippen LogP contribution in [0, 0.1) is 0 Å². The second kappa shape index (κ2) is 7.93. The number of nitrogens with zero attached hydrogens (tertiary/aromatic N) is 1. The Morgan fingerprint density at radius 1 is 1.35 bits per heavy atom. The lowest BCUT2D eigenvalue weighted by molar-refractivity contribution is 0.0942. The molecule has 138 valence electrons. The summed E-state index contributed by atoms with van der Waals surface area (Å²) >= 11 is 9.50. The van der Waals surface area contributed by atoms with E-state index in [9.17, 15) is 4.79 Å². The molecule has 4 rings (SSSR count). The van der Waals surface area contributed by atoms with Gasteiger partial charge in [-0.3, -0.25) is 9.69 Å². The lowest BCUT2D eigenvalue weighted by Gasteiger charge is -2.33. The molecule has 1 saturated heterocycles. The normalized spacial score (nSPS) is 19.7. The summed E-state index contributed by atoms with van der Waals surface area (Å²) in [4.78, 5) is 18.3. The third kappa shape index (κ3) is 3.81. The van der Waals surface area contributed by atoms with E-state index >= 15 is 0 Å². The standard InChI is InChI=1S/C20H23ClN2OS2/c1-13-4-2-3-8-23(13)9-7-22-20(24)18-10-14-12-25-17-11-15(21)5-6-16(17)19(14)26-18/h5-6,10-11,13H,2-4,7-9,12H2,1H3,(H,22,24)/t13-/m0/s1. The first-order valence-electron chi connectivity index (χ1n) is 9.19. The maximum Gasteiger partial charge on any atom is 0.261 e. The molecule has 0 saturated carbocycles. The number of benzene rings is 1. The molecule has 26 heavy (non-hydrogen) atoms. The lowest BCUT2D eigenvalue weighted by Crippen LogP contribution is -2.42. The van der Waals surface area contributed by atoms with Crippen LogP contribution in [0.5, 0.6) is 0 Å². The number of halogens is 1. The molecule has 1 aromatic carbocycles. The Morgan fingerprint density at radius 2 is 2.23 bits per heavy atom.